The van der Waals surface area contributed by atoms with Gasteiger partial charge in [0.2, 0.25) is 0 Å². The highest BCUT2D eigenvalue weighted by molar-refractivity contribution is 5.88. The van der Waals surface area contributed by atoms with E-state index in [1.54, 1.807) is 13.0 Å². The summed E-state index contributed by atoms with van der Waals surface area (Å²) in [5.74, 6) is 1.09. The third-order valence-corrected chi connectivity index (χ3v) is 4.04. The van der Waals surface area contributed by atoms with E-state index in [4.69, 9.17) is 9.26 Å². The molecule has 0 aromatic carbocycles. The van der Waals surface area contributed by atoms with E-state index in [1.165, 1.54) is 0 Å². The van der Waals surface area contributed by atoms with Gasteiger partial charge in [-0.25, -0.2) is 4.79 Å². The molecule has 0 saturated carbocycles. The maximum Gasteiger partial charge on any atom is 0.320 e. The number of hydrogen-bond acceptors (Lipinski definition) is 5. The van der Waals surface area contributed by atoms with Crippen molar-refractivity contribution in [1.29, 1.82) is 0 Å². The van der Waals surface area contributed by atoms with Crippen LogP contribution in [0.4, 0.5) is 10.6 Å². The van der Waals surface area contributed by atoms with E-state index in [1.807, 2.05) is 0 Å². The Bertz CT molecular complexity index is 471. The molecule has 2 rings (SSSR count). The van der Waals surface area contributed by atoms with Crippen LogP contribution in [0, 0.1) is 6.92 Å². The topological polar surface area (TPSA) is 79.6 Å². The highest BCUT2D eigenvalue weighted by Gasteiger charge is 2.31. The number of aryl methyl sites for hydroxylation is 1. The molecule has 21 heavy (non-hydrogen) atoms. The molecule has 1 atom stereocenters. The Kier molecular flexibility index (Phi) is 5.19. The highest BCUT2D eigenvalue weighted by atomic mass is 16.5. The molecule has 0 radical (unpaired) electrons. The number of morpholine rings is 1. The van der Waals surface area contributed by atoms with Crippen LogP contribution in [0.25, 0.3) is 0 Å². The molecule has 1 aliphatic rings. The molecule has 0 aliphatic carbocycles. The van der Waals surface area contributed by atoms with Crippen LogP contribution in [0.15, 0.2) is 10.6 Å². The zero-order chi connectivity index (χ0) is 15.3. The van der Waals surface area contributed by atoms with Gasteiger partial charge in [-0.05, 0) is 20.3 Å². The van der Waals surface area contributed by atoms with Crippen molar-refractivity contribution in [2.24, 2.45) is 0 Å². The normalized spacial score (nSPS) is 19.0. The number of rotatable bonds is 5. The maximum atomic E-state index is 11.9. The summed E-state index contributed by atoms with van der Waals surface area (Å²) in [5.41, 5.74) is -0.0686. The smallest absolute Gasteiger partial charge is 0.320 e. The number of hydrogen-bond donors (Lipinski definition) is 2. The zero-order valence-corrected chi connectivity index (χ0v) is 12.9. The van der Waals surface area contributed by atoms with E-state index in [-0.39, 0.29) is 11.6 Å². The van der Waals surface area contributed by atoms with E-state index >= 15 is 0 Å². The molecule has 1 fully saturated rings. The minimum absolute atomic E-state index is 0.0686. The quantitative estimate of drug-likeness (QED) is 0.863. The van der Waals surface area contributed by atoms with Gasteiger partial charge in [-0.15, -0.1) is 0 Å². The Morgan fingerprint density at radius 1 is 1.48 bits per heavy atom. The average Bonchev–Trinajstić information content (AvgIpc) is 2.91. The van der Waals surface area contributed by atoms with E-state index in [2.05, 4.69) is 34.5 Å². The van der Waals surface area contributed by atoms with E-state index < -0.39 is 0 Å². The second kappa shape index (κ2) is 6.91. The second-order valence-corrected chi connectivity index (χ2v) is 5.58. The first-order valence-corrected chi connectivity index (χ1v) is 7.34. The average molecular weight is 296 g/mol. The van der Waals surface area contributed by atoms with E-state index in [0.29, 0.717) is 18.1 Å². The largest absolute Gasteiger partial charge is 0.379 e. The molecule has 0 unspecified atom stereocenters. The molecule has 1 aromatic rings. The van der Waals surface area contributed by atoms with Crippen LogP contribution in [0.1, 0.15) is 26.0 Å². The molecule has 2 N–H and O–H groups in total. The molecule has 2 heterocycles. The Morgan fingerprint density at radius 3 is 2.76 bits per heavy atom. The predicted molar refractivity (Wildman–Crippen MR) is 79.3 cm³/mol. The van der Waals surface area contributed by atoms with Gasteiger partial charge in [-0.3, -0.25) is 10.2 Å². The summed E-state index contributed by atoms with van der Waals surface area (Å²) in [6.45, 7) is 9.95. The molecule has 1 aromatic heterocycles. The number of nitrogens with zero attached hydrogens (tertiary/aromatic N) is 2. The van der Waals surface area contributed by atoms with Crippen LogP contribution in [-0.4, -0.2) is 54.5 Å². The summed E-state index contributed by atoms with van der Waals surface area (Å²) in [5, 5.41) is 9.32. The van der Waals surface area contributed by atoms with Crippen molar-refractivity contribution in [3.05, 3.63) is 11.8 Å². The zero-order valence-electron chi connectivity index (χ0n) is 12.9. The number of nitrogens with one attached hydrogen (secondary N) is 2. The summed E-state index contributed by atoms with van der Waals surface area (Å²) in [6, 6.07) is 1.41. The van der Waals surface area contributed by atoms with Crippen LogP contribution >= 0.6 is 0 Å². The predicted octanol–water partition coefficient (Wildman–Crippen LogP) is 1.61. The van der Waals surface area contributed by atoms with Gasteiger partial charge in [0.15, 0.2) is 5.82 Å². The standard InChI is InChI=1S/C14H24N4O3/c1-4-14(3,18-5-7-20-8-6-18)10-15-13(19)16-12-9-11(2)21-17-12/h9H,4-8,10H2,1-3H3,(H2,15,16,17,19)/t14-/m1/s1. The summed E-state index contributed by atoms with van der Waals surface area (Å²) >= 11 is 0. The maximum absolute atomic E-state index is 11.9. The highest BCUT2D eigenvalue weighted by Crippen LogP contribution is 2.20. The van der Waals surface area contributed by atoms with E-state index in [0.717, 1.165) is 32.7 Å². The fourth-order valence-corrected chi connectivity index (χ4v) is 2.42. The van der Waals surface area contributed by atoms with Crippen molar-refractivity contribution in [3.8, 4) is 0 Å². The molecular weight excluding hydrogens is 272 g/mol. The lowest BCUT2D eigenvalue weighted by atomic mass is 9.95. The van der Waals surface area contributed by atoms with Crippen LogP contribution in [0.5, 0.6) is 0 Å². The van der Waals surface area contributed by atoms with Crippen molar-refractivity contribution in [3.63, 3.8) is 0 Å². The van der Waals surface area contributed by atoms with Gasteiger partial charge in [-0.1, -0.05) is 12.1 Å². The summed E-state index contributed by atoms with van der Waals surface area (Å²) in [7, 11) is 0. The lowest BCUT2D eigenvalue weighted by Gasteiger charge is -2.42. The number of carbonyl (C=O) groups excluding carboxylic acids is 1. The fraction of sp³-hybridized carbons (Fsp3) is 0.714. The first-order chi connectivity index (χ1) is 10.0. The molecule has 7 heteroatoms. The van der Waals surface area contributed by atoms with Crippen molar-refractivity contribution >= 4 is 11.8 Å². The van der Waals surface area contributed by atoms with E-state index in [9.17, 15) is 4.79 Å². The molecule has 0 spiro atoms. The summed E-state index contributed by atoms with van der Waals surface area (Å²) in [4.78, 5) is 14.3. The van der Waals surface area contributed by atoms with Crippen LogP contribution in [0.3, 0.4) is 0 Å². The fourth-order valence-electron chi connectivity index (χ4n) is 2.42. The van der Waals surface area contributed by atoms with Crippen molar-refractivity contribution < 1.29 is 14.1 Å². The molecule has 1 aliphatic heterocycles. The number of ether oxygens (including phenoxy) is 1. The first-order valence-electron chi connectivity index (χ1n) is 7.34. The summed E-state index contributed by atoms with van der Waals surface area (Å²) in [6.07, 6.45) is 0.955. The van der Waals surface area contributed by atoms with Gasteiger partial charge in [0.25, 0.3) is 0 Å². The first kappa shape index (κ1) is 15.8. The number of urea groups is 1. The number of anilines is 1. The number of aromatic nitrogens is 1. The Labute approximate surface area is 125 Å². The van der Waals surface area contributed by atoms with Gasteiger partial charge in [0, 0.05) is 31.2 Å². The molecule has 118 valence electrons. The second-order valence-electron chi connectivity index (χ2n) is 5.58. The molecule has 0 bridgehead atoms. The Hall–Kier alpha value is -1.60. The van der Waals surface area contributed by atoms with Crippen LogP contribution in [-0.2, 0) is 4.74 Å². The van der Waals surface area contributed by atoms with Gasteiger partial charge in [-0.2, -0.15) is 0 Å². The SMILES string of the molecule is CC[C@](C)(CNC(=O)Nc1cc(C)on1)N1CCOCC1. The third kappa shape index (κ3) is 4.18. The molecule has 7 nitrogen and oxygen atoms in total. The van der Waals surface area contributed by atoms with Crippen molar-refractivity contribution in [2.75, 3.05) is 38.2 Å². The molecule has 2 amide bonds. The lowest BCUT2D eigenvalue weighted by Crippen LogP contribution is -2.57. The minimum atomic E-state index is -0.267. The van der Waals surface area contributed by atoms with Gasteiger partial charge >= 0.3 is 6.03 Å². The van der Waals surface area contributed by atoms with Gasteiger partial charge in [0.1, 0.15) is 5.76 Å². The Morgan fingerprint density at radius 2 is 2.19 bits per heavy atom. The molecular formula is C14H24N4O3. The molecule has 1 saturated heterocycles. The van der Waals surface area contributed by atoms with Crippen LogP contribution in [0.2, 0.25) is 0 Å². The number of amides is 2. The van der Waals surface area contributed by atoms with Gasteiger partial charge in [0.05, 0.1) is 13.2 Å². The van der Waals surface area contributed by atoms with Crippen molar-refractivity contribution in [1.82, 2.24) is 15.4 Å². The van der Waals surface area contributed by atoms with Crippen LogP contribution < -0.4 is 10.6 Å². The number of carbonyl (C=O) groups is 1. The lowest BCUT2D eigenvalue weighted by molar-refractivity contribution is -0.0163. The monoisotopic (exact) mass is 296 g/mol. The third-order valence-electron chi connectivity index (χ3n) is 4.04. The minimum Gasteiger partial charge on any atom is -0.379 e. The Balaban J connectivity index is 1.85. The van der Waals surface area contributed by atoms with Gasteiger partial charge < -0.3 is 14.6 Å². The van der Waals surface area contributed by atoms with Crippen molar-refractivity contribution in [2.45, 2.75) is 32.7 Å². The summed E-state index contributed by atoms with van der Waals surface area (Å²) < 4.78 is 10.3.